The van der Waals surface area contributed by atoms with E-state index in [1.165, 1.54) is 24.1 Å². The van der Waals surface area contributed by atoms with Crippen molar-refractivity contribution in [2.24, 2.45) is 0 Å². The number of likely N-dealkylation sites (N-methyl/N-ethyl adjacent to an activating group) is 2. The minimum Gasteiger partial charge on any atom is -0.459 e. The first-order chi connectivity index (χ1) is 14.2. The molecule has 0 saturated carbocycles. The molecular weight excluding hydrogens is 475 g/mol. The Morgan fingerprint density at radius 3 is 2.27 bits per heavy atom. The fourth-order valence-electron chi connectivity index (χ4n) is 2.74. The molecule has 0 radical (unpaired) electrons. The molecule has 0 N–H and O–H groups in total. The number of amides is 1. The second-order valence-corrected chi connectivity index (χ2v) is 9.70. The van der Waals surface area contributed by atoms with E-state index in [9.17, 15) is 17.6 Å². The molecule has 2 aromatic carbocycles. The van der Waals surface area contributed by atoms with Crippen molar-refractivity contribution in [3.63, 3.8) is 0 Å². The number of halogens is 2. The molecule has 30 heavy (non-hydrogen) atoms. The van der Waals surface area contributed by atoms with Crippen LogP contribution in [-0.4, -0.2) is 44.2 Å². The van der Waals surface area contributed by atoms with Crippen LogP contribution in [0.5, 0.6) is 0 Å². The number of furan rings is 1. The molecule has 6 nitrogen and oxygen atoms in total. The van der Waals surface area contributed by atoms with E-state index < -0.39 is 21.7 Å². The maximum Gasteiger partial charge on any atom is 0.243 e. The highest BCUT2D eigenvalue weighted by molar-refractivity contribution is 9.10. The quantitative estimate of drug-likeness (QED) is 0.495. The highest BCUT2D eigenvalue weighted by atomic mass is 79.9. The molecule has 3 aromatic rings. The Morgan fingerprint density at radius 1 is 1.00 bits per heavy atom. The van der Waals surface area contributed by atoms with E-state index >= 15 is 0 Å². The summed E-state index contributed by atoms with van der Waals surface area (Å²) in [5.74, 6) is 0.320. The van der Waals surface area contributed by atoms with Crippen LogP contribution in [0.1, 0.15) is 5.76 Å². The largest absolute Gasteiger partial charge is 0.459 e. The molecule has 9 heteroatoms. The van der Waals surface area contributed by atoms with Gasteiger partial charge in [-0.2, -0.15) is 4.31 Å². The van der Waals surface area contributed by atoms with Crippen molar-refractivity contribution in [3.8, 4) is 11.3 Å². The van der Waals surface area contributed by atoms with Gasteiger partial charge in [-0.05, 0) is 48.5 Å². The van der Waals surface area contributed by atoms with Gasteiger partial charge in [0, 0.05) is 24.1 Å². The molecule has 3 rings (SSSR count). The van der Waals surface area contributed by atoms with Gasteiger partial charge >= 0.3 is 0 Å². The number of carbonyl (C=O) groups is 1. The summed E-state index contributed by atoms with van der Waals surface area (Å²) in [5, 5.41) is 0. The number of carbonyl (C=O) groups excluding carboxylic acids is 1. The molecule has 158 valence electrons. The highest BCUT2D eigenvalue weighted by Gasteiger charge is 2.24. The lowest BCUT2D eigenvalue weighted by Gasteiger charge is -2.21. The number of nitrogens with zero attached hydrogens (tertiary/aromatic N) is 2. The monoisotopic (exact) mass is 494 g/mol. The molecule has 1 heterocycles. The van der Waals surface area contributed by atoms with Crippen LogP contribution in [0.4, 0.5) is 4.39 Å². The Labute approximate surface area is 183 Å². The molecule has 1 aromatic heterocycles. The third kappa shape index (κ3) is 5.16. The number of benzene rings is 2. The van der Waals surface area contributed by atoms with Crippen molar-refractivity contribution < 1.29 is 22.0 Å². The van der Waals surface area contributed by atoms with E-state index in [1.807, 2.05) is 30.3 Å². The second kappa shape index (κ2) is 9.11. The molecule has 0 aliphatic rings. The smallest absolute Gasteiger partial charge is 0.243 e. The minimum atomic E-state index is -3.90. The molecule has 0 atom stereocenters. The number of sulfonamides is 1. The van der Waals surface area contributed by atoms with Gasteiger partial charge in [-0.25, -0.2) is 12.8 Å². The van der Waals surface area contributed by atoms with Crippen molar-refractivity contribution in [1.82, 2.24) is 9.21 Å². The third-order valence-corrected chi connectivity index (χ3v) is 6.84. The van der Waals surface area contributed by atoms with Crippen molar-refractivity contribution >= 4 is 31.9 Å². The van der Waals surface area contributed by atoms with Crippen LogP contribution >= 0.6 is 15.9 Å². The maximum absolute atomic E-state index is 13.0. The number of hydrogen-bond donors (Lipinski definition) is 0. The van der Waals surface area contributed by atoms with Gasteiger partial charge in [-0.15, -0.1) is 0 Å². The minimum absolute atomic E-state index is 0.0768. The van der Waals surface area contributed by atoms with Crippen LogP contribution in [0, 0.1) is 5.82 Å². The van der Waals surface area contributed by atoms with Crippen LogP contribution in [0.2, 0.25) is 0 Å². The molecular formula is C21H20BrFN2O4S. The summed E-state index contributed by atoms with van der Waals surface area (Å²) in [6.07, 6.45) is 0. The molecule has 0 unspecified atom stereocenters. The van der Waals surface area contributed by atoms with E-state index in [2.05, 4.69) is 15.9 Å². The summed E-state index contributed by atoms with van der Waals surface area (Å²) in [6.45, 7) is -0.156. The van der Waals surface area contributed by atoms with Gasteiger partial charge in [0.1, 0.15) is 17.3 Å². The molecule has 0 aliphatic carbocycles. The van der Waals surface area contributed by atoms with Crippen molar-refractivity contribution in [1.29, 1.82) is 0 Å². The first-order valence-corrected chi connectivity index (χ1v) is 11.2. The average molecular weight is 495 g/mol. The Morgan fingerprint density at radius 2 is 1.63 bits per heavy atom. The Kier molecular flexibility index (Phi) is 6.74. The zero-order chi connectivity index (χ0) is 21.9. The topological polar surface area (TPSA) is 70.8 Å². The lowest BCUT2D eigenvalue weighted by molar-refractivity contribution is -0.130. The summed E-state index contributed by atoms with van der Waals surface area (Å²) in [6, 6.07) is 15.7. The summed E-state index contributed by atoms with van der Waals surface area (Å²) in [5.41, 5.74) is 0.906. The van der Waals surface area contributed by atoms with Crippen molar-refractivity contribution in [3.05, 3.63) is 76.7 Å². The van der Waals surface area contributed by atoms with Gasteiger partial charge in [0.15, 0.2) is 0 Å². The van der Waals surface area contributed by atoms with Gasteiger partial charge in [-0.1, -0.05) is 28.1 Å². The Hall–Kier alpha value is -2.49. The first kappa shape index (κ1) is 22.2. The van der Waals surface area contributed by atoms with E-state index in [0.29, 0.717) is 11.5 Å². The average Bonchev–Trinajstić information content (AvgIpc) is 3.17. The predicted molar refractivity (Wildman–Crippen MR) is 115 cm³/mol. The van der Waals surface area contributed by atoms with Crippen LogP contribution in [-0.2, 0) is 21.4 Å². The van der Waals surface area contributed by atoms with Gasteiger partial charge < -0.3 is 9.32 Å². The predicted octanol–water partition coefficient (Wildman–Crippen LogP) is 4.13. The fraction of sp³-hybridized carbons (Fsp3) is 0.190. The van der Waals surface area contributed by atoms with E-state index in [-0.39, 0.29) is 18.0 Å². The summed E-state index contributed by atoms with van der Waals surface area (Å²) in [7, 11) is -1.02. The molecule has 0 spiro atoms. The molecule has 0 fully saturated rings. The lowest BCUT2D eigenvalue weighted by Crippen LogP contribution is -2.39. The summed E-state index contributed by atoms with van der Waals surface area (Å²) < 4.78 is 45.9. The summed E-state index contributed by atoms with van der Waals surface area (Å²) >= 11 is 3.39. The van der Waals surface area contributed by atoms with Crippen molar-refractivity contribution in [2.45, 2.75) is 11.4 Å². The molecule has 1 amide bonds. The van der Waals surface area contributed by atoms with E-state index in [1.54, 1.807) is 13.1 Å². The van der Waals surface area contributed by atoms with Gasteiger partial charge in [0.2, 0.25) is 15.9 Å². The number of rotatable bonds is 7. The zero-order valence-electron chi connectivity index (χ0n) is 16.4. The maximum atomic E-state index is 13.0. The highest BCUT2D eigenvalue weighted by Crippen LogP contribution is 2.24. The fourth-order valence-corrected chi connectivity index (χ4v) is 4.12. The van der Waals surface area contributed by atoms with Crippen molar-refractivity contribution in [2.75, 3.05) is 20.6 Å². The normalized spacial score (nSPS) is 11.6. The third-order valence-electron chi connectivity index (χ3n) is 4.49. The molecule has 0 aliphatic heterocycles. The first-order valence-electron chi connectivity index (χ1n) is 8.97. The summed E-state index contributed by atoms with van der Waals surface area (Å²) in [4.78, 5) is 13.8. The molecule has 0 saturated heterocycles. The van der Waals surface area contributed by atoms with Gasteiger partial charge in [-0.3, -0.25) is 4.79 Å². The zero-order valence-corrected chi connectivity index (χ0v) is 18.8. The van der Waals surface area contributed by atoms with Crippen LogP contribution in [0.3, 0.4) is 0 Å². The van der Waals surface area contributed by atoms with Crippen LogP contribution < -0.4 is 0 Å². The standard InChI is InChI=1S/C21H20BrFN2O4S/c1-24(13-18-9-12-20(29-18)15-3-5-16(22)6-4-15)21(26)14-25(2)30(27,28)19-10-7-17(23)8-11-19/h3-12H,13-14H2,1-2H3. The molecule has 0 bridgehead atoms. The SMILES string of the molecule is CN(Cc1ccc(-c2ccc(Br)cc2)o1)C(=O)CN(C)S(=O)(=O)c1ccc(F)cc1. The van der Waals surface area contributed by atoms with Crippen LogP contribution in [0.25, 0.3) is 11.3 Å². The van der Waals surface area contributed by atoms with Crippen LogP contribution in [0.15, 0.2) is 74.4 Å². The number of hydrogen-bond acceptors (Lipinski definition) is 4. The van der Waals surface area contributed by atoms with Gasteiger partial charge in [0.25, 0.3) is 0 Å². The van der Waals surface area contributed by atoms with E-state index in [4.69, 9.17) is 4.42 Å². The Bertz CT molecular complexity index is 1130. The lowest BCUT2D eigenvalue weighted by atomic mass is 10.2. The van der Waals surface area contributed by atoms with Gasteiger partial charge in [0.05, 0.1) is 18.0 Å². The van der Waals surface area contributed by atoms with E-state index in [0.717, 1.165) is 26.5 Å². The Balaban J connectivity index is 1.63. The second-order valence-electron chi connectivity index (χ2n) is 6.74.